The number of hydrogen-bond donors (Lipinski definition) is 0. The number of anilines is 1. The standard InChI is InChI=1S/C18H23ClF3N5O/c1-11(2)9-27-17(19)16(12(3)25-27)13-5-4-6-26(13)14-7-23-8-15(24-14)28-10-18(20,21)22/h7-8,11,13H,4-6,9-10H2,1-3H3. The molecule has 0 bridgehead atoms. The minimum atomic E-state index is -4.43. The van der Waals surface area contributed by atoms with Gasteiger partial charge in [0.1, 0.15) is 5.15 Å². The third-order valence-electron chi connectivity index (χ3n) is 4.51. The molecule has 3 heterocycles. The van der Waals surface area contributed by atoms with Gasteiger partial charge in [0.15, 0.2) is 12.4 Å². The van der Waals surface area contributed by atoms with Gasteiger partial charge in [-0.1, -0.05) is 25.4 Å². The minimum absolute atomic E-state index is 0.0550. The van der Waals surface area contributed by atoms with E-state index in [1.54, 1.807) is 0 Å². The average Bonchev–Trinajstić information content (AvgIpc) is 3.17. The van der Waals surface area contributed by atoms with Crippen LogP contribution in [0.5, 0.6) is 5.88 Å². The molecule has 154 valence electrons. The molecule has 1 saturated heterocycles. The number of rotatable bonds is 6. The first-order valence-corrected chi connectivity index (χ1v) is 9.54. The summed E-state index contributed by atoms with van der Waals surface area (Å²) in [5, 5.41) is 5.17. The molecule has 28 heavy (non-hydrogen) atoms. The summed E-state index contributed by atoms with van der Waals surface area (Å²) in [5.41, 5.74) is 1.78. The summed E-state index contributed by atoms with van der Waals surface area (Å²) in [7, 11) is 0. The van der Waals surface area contributed by atoms with E-state index >= 15 is 0 Å². The largest absolute Gasteiger partial charge is 0.467 e. The zero-order chi connectivity index (χ0) is 20.5. The van der Waals surface area contributed by atoms with Crippen LogP contribution in [0.2, 0.25) is 5.15 Å². The minimum Gasteiger partial charge on any atom is -0.467 e. The Labute approximate surface area is 166 Å². The second-order valence-electron chi connectivity index (χ2n) is 7.34. The fraction of sp³-hybridized carbons (Fsp3) is 0.611. The summed E-state index contributed by atoms with van der Waals surface area (Å²) in [5.74, 6) is 0.714. The molecule has 2 aromatic rings. The van der Waals surface area contributed by atoms with Crippen molar-refractivity contribution in [3.05, 3.63) is 28.8 Å². The molecule has 2 aromatic heterocycles. The van der Waals surface area contributed by atoms with Crippen molar-refractivity contribution in [3.8, 4) is 5.88 Å². The number of nitrogens with zero attached hydrogens (tertiary/aromatic N) is 5. The lowest BCUT2D eigenvalue weighted by molar-refractivity contribution is -0.154. The lowest BCUT2D eigenvalue weighted by Gasteiger charge is -2.26. The molecule has 1 aliphatic heterocycles. The van der Waals surface area contributed by atoms with Crippen LogP contribution in [0.4, 0.5) is 19.0 Å². The highest BCUT2D eigenvalue weighted by Crippen LogP contribution is 2.40. The van der Waals surface area contributed by atoms with Gasteiger partial charge in [0, 0.05) is 18.7 Å². The van der Waals surface area contributed by atoms with Crippen molar-refractivity contribution in [1.29, 1.82) is 0 Å². The number of hydrogen-bond acceptors (Lipinski definition) is 5. The predicted molar refractivity (Wildman–Crippen MR) is 99.7 cm³/mol. The smallest absolute Gasteiger partial charge is 0.422 e. The van der Waals surface area contributed by atoms with E-state index in [2.05, 4.69) is 28.9 Å². The van der Waals surface area contributed by atoms with Crippen LogP contribution in [0, 0.1) is 12.8 Å². The topological polar surface area (TPSA) is 56.1 Å². The summed E-state index contributed by atoms with van der Waals surface area (Å²) in [4.78, 5) is 10.2. The fourth-order valence-corrected chi connectivity index (χ4v) is 3.83. The van der Waals surface area contributed by atoms with Crippen LogP contribution in [-0.4, -0.2) is 39.1 Å². The monoisotopic (exact) mass is 417 g/mol. The van der Waals surface area contributed by atoms with E-state index in [-0.39, 0.29) is 11.9 Å². The first-order chi connectivity index (χ1) is 13.2. The lowest BCUT2D eigenvalue weighted by atomic mass is 10.1. The Balaban J connectivity index is 1.85. The van der Waals surface area contributed by atoms with Crippen molar-refractivity contribution < 1.29 is 17.9 Å². The quantitative estimate of drug-likeness (QED) is 0.689. The number of halogens is 4. The van der Waals surface area contributed by atoms with E-state index in [1.165, 1.54) is 12.4 Å². The van der Waals surface area contributed by atoms with E-state index < -0.39 is 12.8 Å². The van der Waals surface area contributed by atoms with Gasteiger partial charge in [-0.15, -0.1) is 0 Å². The van der Waals surface area contributed by atoms with Crippen LogP contribution in [0.15, 0.2) is 12.4 Å². The molecular weight excluding hydrogens is 395 g/mol. The molecule has 0 aliphatic carbocycles. The van der Waals surface area contributed by atoms with Crippen molar-refractivity contribution >= 4 is 17.4 Å². The predicted octanol–water partition coefficient (Wildman–Crippen LogP) is 4.57. The molecule has 0 amide bonds. The van der Waals surface area contributed by atoms with Crippen molar-refractivity contribution in [3.63, 3.8) is 0 Å². The van der Waals surface area contributed by atoms with Crippen LogP contribution >= 0.6 is 11.6 Å². The number of alkyl halides is 3. The summed E-state index contributed by atoms with van der Waals surface area (Å²) in [6, 6.07) is -0.0550. The van der Waals surface area contributed by atoms with Gasteiger partial charge in [0.2, 0.25) is 5.88 Å². The van der Waals surface area contributed by atoms with E-state index in [9.17, 15) is 13.2 Å². The first kappa shape index (κ1) is 20.7. The maximum Gasteiger partial charge on any atom is 0.422 e. The van der Waals surface area contributed by atoms with Gasteiger partial charge in [-0.05, 0) is 25.7 Å². The molecular formula is C18H23ClF3N5O. The summed E-state index contributed by atoms with van der Waals surface area (Å²) in [6.07, 6.45) is 0.0393. The number of aromatic nitrogens is 4. The summed E-state index contributed by atoms with van der Waals surface area (Å²) < 4.78 is 43.7. The lowest BCUT2D eigenvalue weighted by Crippen LogP contribution is -2.25. The van der Waals surface area contributed by atoms with E-state index in [0.29, 0.717) is 30.0 Å². The van der Waals surface area contributed by atoms with Gasteiger partial charge in [0.25, 0.3) is 0 Å². The third-order valence-corrected chi connectivity index (χ3v) is 4.91. The molecule has 0 N–H and O–H groups in total. The molecule has 0 spiro atoms. The van der Waals surface area contributed by atoms with E-state index in [1.807, 2.05) is 16.5 Å². The van der Waals surface area contributed by atoms with Crippen molar-refractivity contribution in [2.24, 2.45) is 5.92 Å². The Bertz CT molecular complexity index is 824. The van der Waals surface area contributed by atoms with Crippen LogP contribution < -0.4 is 9.64 Å². The zero-order valence-electron chi connectivity index (χ0n) is 16.0. The highest BCUT2D eigenvalue weighted by Gasteiger charge is 2.33. The molecule has 0 saturated carbocycles. The number of aryl methyl sites for hydroxylation is 1. The van der Waals surface area contributed by atoms with Crippen LogP contribution in [0.25, 0.3) is 0 Å². The van der Waals surface area contributed by atoms with Gasteiger partial charge in [-0.2, -0.15) is 23.3 Å². The Morgan fingerprint density at radius 3 is 2.75 bits per heavy atom. The fourth-order valence-electron chi connectivity index (χ4n) is 3.46. The molecule has 0 radical (unpaired) electrons. The highest BCUT2D eigenvalue weighted by molar-refractivity contribution is 6.30. The van der Waals surface area contributed by atoms with Crippen LogP contribution in [0.3, 0.4) is 0 Å². The Morgan fingerprint density at radius 2 is 2.07 bits per heavy atom. The van der Waals surface area contributed by atoms with Gasteiger partial charge in [-0.3, -0.25) is 9.67 Å². The second kappa shape index (κ2) is 8.14. The van der Waals surface area contributed by atoms with Gasteiger partial charge < -0.3 is 9.64 Å². The molecule has 10 heteroatoms. The summed E-state index contributed by atoms with van der Waals surface area (Å²) >= 11 is 6.63. The first-order valence-electron chi connectivity index (χ1n) is 9.16. The Morgan fingerprint density at radius 1 is 1.32 bits per heavy atom. The Kier molecular flexibility index (Phi) is 6.02. The normalized spacial score (nSPS) is 17.6. The van der Waals surface area contributed by atoms with Gasteiger partial charge in [-0.25, -0.2) is 0 Å². The Hall–Kier alpha value is -2.03. The van der Waals surface area contributed by atoms with E-state index in [4.69, 9.17) is 16.3 Å². The van der Waals surface area contributed by atoms with Gasteiger partial charge >= 0.3 is 6.18 Å². The van der Waals surface area contributed by atoms with Crippen molar-refractivity contribution in [1.82, 2.24) is 19.7 Å². The van der Waals surface area contributed by atoms with Crippen molar-refractivity contribution in [2.75, 3.05) is 18.1 Å². The molecule has 1 unspecified atom stereocenters. The third kappa shape index (κ3) is 4.68. The summed E-state index contributed by atoms with van der Waals surface area (Å²) in [6.45, 7) is 6.12. The van der Waals surface area contributed by atoms with Gasteiger partial charge in [0.05, 0.1) is 24.1 Å². The molecule has 1 fully saturated rings. The molecule has 1 atom stereocenters. The average molecular weight is 418 g/mol. The van der Waals surface area contributed by atoms with E-state index in [0.717, 1.165) is 24.1 Å². The zero-order valence-corrected chi connectivity index (χ0v) is 16.8. The maximum atomic E-state index is 12.4. The van der Waals surface area contributed by atoms with Crippen molar-refractivity contribution in [2.45, 2.75) is 52.4 Å². The molecule has 1 aliphatic rings. The van der Waals surface area contributed by atoms with Crippen LogP contribution in [-0.2, 0) is 6.54 Å². The molecule has 0 aromatic carbocycles. The molecule has 6 nitrogen and oxygen atoms in total. The van der Waals surface area contributed by atoms with Crippen LogP contribution in [0.1, 0.15) is 44.0 Å². The maximum absolute atomic E-state index is 12.4. The highest BCUT2D eigenvalue weighted by atomic mass is 35.5. The number of ether oxygens (including phenoxy) is 1. The second-order valence-corrected chi connectivity index (χ2v) is 7.69. The SMILES string of the molecule is Cc1nn(CC(C)C)c(Cl)c1C1CCCN1c1cncc(OCC(F)(F)F)n1. The molecule has 3 rings (SSSR count).